The van der Waals surface area contributed by atoms with E-state index in [0.717, 1.165) is 15.8 Å². The normalized spacial score (nSPS) is 23.2. The molecule has 31 heavy (non-hydrogen) atoms. The third-order valence-electron chi connectivity index (χ3n) is 6.71. The Morgan fingerprint density at radius 1 is 1.16 bits per heavy atom. The fourth-order valence-electron chi connectivity index (χ4n) is 4.83. The van der Waals surface area contributed by atoms with Crippen molar-refractivity contribution in [2.24, 2.45) is 5.92 Å². The number of likely N-dealkylation sites (tertiary alicyclic amines) is 1. The summed E-state index contributed by atoms with van der Waals surface area (Å²) in [6.07, 6.45) is -2.98. The highest BCUT2D eigenvalue weighted by molar-refractivity contribution is 5.83. The van der Waals surface area contributed by atoms with Gasteiger partial charge >= 0.3 is 6.18 Å². The van der Waals surface area contributed by atoms with Crippen molar-refractivity contribution < 1.29 is 18.0 Å². The molecule has 1 saturated heterocycles. The van der Waals surface area contributed by atoms with E-state index in [2.05, 4.69) is 10.4 Å². The van der Waals surface area contributed by atoms with Crippen molar-refractivity contribution >= 4 is 11.7 Å². The largest absolute Gasteiger partial charge is 0.410 e. The zero-order valence-corrected chi connectivity index (χ0v) is 18.1. The van der Waals surface area contributed by atoms with Crippen molar-refractivity contribution in [3.8, 4) is 0 Å². The Morgan fingerprint density at radius 3 is 2.42 bits per heavy atom. The summed E-state index contributed by atoms with van der Waals surface area (Å²) in [4.78, 5) is 14.8. The van der Waals surface area contributed by atoms with Gasteiger partial charge in [-0.3, -0.25) is 4.79 Å². The molecule has 1 unspecified atom stereocenters. The van der Waals surface area contributed by atoms with Crippen LogP contribution < -0.4 is 5.32 Å². The van der Waals surface area contributed by atoms with Crippen molar-refractivity contribution in [3.05, 3.63) is 47.2 Å². The van der Waals surface area contributed by atoms with Crippen molar-refractivity contribution in [2.45, 2.75) is 64.2 Å². The first-order valence-corrected chi connectivity index (χ1v) is 10.9. The molecule has 2 aliphatic heterocycles. The number of halogens is 3. The molecule has 0 aliphatic carbocycles. The average Bonchev–Trinajstić information content (AvgIpc) is 3.11. The molecule has 1 aromatic carbocycles. The van der Waals surface area contributed by atoms with Crippen LogP contribution in [0.25, 0.3) is 0 Å². The molecule has 0 radical (unpaired) electrons. The smallest absolute Gasteiger partial charge is 0.367 e. The first-order valence-electron chi connectivity index (χ1n) is 10.9. The van der Waals surface area contributed by atoms with Gasteiger partial charge in [0.15, 0.2) is 6.04 Å². The SMILES string of the molecule is Cc1ccc(C(C)C(=O)N2CCC([C@@H]3C[C@H](C(F)(F)F)n4nc(C)cc4N3)CC2)cc1. The van der Waals surface area contributed by atoms with Gasteiger partial charge in [0.25, 0.3) is 0 Å². The number of alkyl halides is 3. The molecule has 3 heterocycles. The zero-order valence-electron chi connectivity index (χ0n) is 18.1. The summed E-state index contributed by atoms with van der Waals surface area (Å²) in [5, 5.41) is 7.33. The highest BCUT2D eigenvalue weighted by Crippen LogP contribution is 2.42. The number of nitrogens with zero attached hydrogens (tertiary/aromatic N) is 3. The molecule has 0 saturated carbocycles. The Kier molecular flexibility index (Phi) is 5.75. The van der Waals surface area contributed by atoms with Gasteiger partial charge in [-0.2, -0.15) is 18.3 Å². The van der Waals surface area contributed by atoms with E-state index in [0.29, 0.717) is 37.4 Å². The number of hydrogen-bond donors (Lipinski definition) is 1. The van der Waals surface area contributed by atoms with Crippen molar-refractivity contribution in [1.82, 2.24) is 14.7 Å². The molecule has 8 heteroatoms. The Morgan fingerprint density at radius 2 is 1.81 bits per heavy atom. The Balaban J connectivity index is 1.40. The van der Waals surface area contributed by atoms with Crippen LogP contribution >= 0.6 is 0 Å². The standard InChI is InChI=1S/C23H29F3N4O/c1-14-4-6-17(7-5-14)16(3)22(31)29-10-8-18(9-11-29)19-13-20(23(24,25)26)30-21(27-19)12-15(2)28-30/h4-7,12,16,18-20,27H,8-11,13H2,1-3H3/t16?,19-,20+/m0/s1. The number of aromatic nitrogens is 2. The first kappa shape index (κ1) is 21.7. The number of aryl methyl sites for hydroxylation is 2. The lowest BCUT2D eigenvalue weighted by molar-refractivity contribution is -0.174. The predicted octanol–water partition coefficient (Wildman–Crippen LogP) is 4.83. The molecule has 1 aromatic heterocycles. The van der Waals surface area contributed by atoms with E-state index in [9.17, 15) is 18.0 Å². The molecule has 2 aliphatic rings. The van der Waals surface area contributed by atoms with Crippen LogP contribution in [-0.4, -0.2) is 45.9 Å². The topological polar surface area (TPSA) is 50.2 Å². The van der Waals surface area contributed by atoms with E-state index in [1.54, 1.807) is 13.0 Å². The van der Waals surface area contributed by atoms with Crippen LogP contribution in [0.3, 0.4) is 0 Å². The van der Waals surface area contributed by atoms with E-state index in [1.165, 1.54) is 0 Å². The number of nitrogens with one attached hydrogen (secondary N) is 1. The number of carbonyl (C=O) groups excluding carboxylic acids is 1. The van der Waals surface area contributed by atoms with Gasteiger partial charge in [0.2, 0.25) is 5.91 Å². The van der Waals surface area contributed by atoms with Gasteiger partial charge in [-0.05, 0) is 51.5 Å². The maximum absolute atomic E-state index is 13.7. The maximum atomic E-state index is 13.7. The third kappa shape index (κ3) is 4.43. The van der Waals surface area contributed by atoms with Gasteiger partial charge in [0.05, 0.1) is 11.6 Å². The van der Waals surface area contributed by atoms with Crippen LogP contribution in [0.2, 0.25) is 0 Å². The predicted molar refractivity (Wildman–Crippen MR) is 113 cm³/mol. The van der Waals surface area contributed by atoms with Crippen molar-refractivity contribution in [1.29, 1.82) is 0 Å². The number of amides is 1. The highest BCUT2D eigenvalue weighted by Gasteiger charge is 2.47. The summed E-state index contributed by atoms with van der Waals surface area (Å²) in [6, 6.07) is 7.77. The van der Waals surface area contributed by atoms with Crippen LogP contribution in [0, 0.1) is 19.8 Å². The first-order chi connectivity index (χ1) is 14.6. The zero-order chi connectivity index (χ0) is 22.3. The summed E-state index contributed by atoms with van der Waals surface area (Å²) in [6.45, 7) is 6.78. The molecular formula is C23H29F3N4O. The fourth-order valence-corrected chi connectivity index (χ4v) is 4.83. The van der Waals surface area contributed by atoms with Gasteiger partial charge < -0.3 is 10.2 Å². The summed E-state index contributed by atoms with van der Waals surface area (Å²) < 4.78 is 42.1. The molecule has 1 amide bonds. The maximum Gasteiger partial charge on any atom is 0.410 e. The minimum absolute atomic E-state index is 0.0317. The van der Waals surface area contributed by atoms with Gasteiger partial charge in [0, 0.05) is 25.2 Å². The number of hydrogen-bond acceptors (Lipinski definition) is 3. The number of anilines is 1. The summed E-state index contributed by atoms with van der Waals surface area (Å²) in [7, 11) is 0. The van der Waals surface area contributed by atoms with E-state index < -0.39 is 12.2 Å². The average molecular weight is 435 g/mol. The van der Waals surface area contributed by atoms with Gasteiger partial charge in [-0.1, -0.05) is 29.8 Å². The number of fused-ring (bicyclic) bond motifs is 1. The molecule has 1 N–H and O–H groups in total. The van der Waals surface area contributed by atoms with E-state index in [4.69, 9.17) is 0 Å². The fraction of sp³-hybridized carbons (Fsp3) is 0.565. The van der Waals surface area contributed by atoms with Crippen LogP contribution in [0.15, 0.2) is 30.3 Å². The Hall–Kier alpha value is -2.51. The second-order valence-corrected chi connectivity index (χ2v) is 8.95. The van der Waals surface area contributed by atoms with Crippen LogP contribution in [0.4, 0.5) is 19.0 Å². The van der Waals surface area contributed by atoms with Gasteiger partial charge in [-0.25, -0.2) is 4.68 Å². The lowest BCUT2D eigenvalue weighted by atomic mass is 9.84. The molecule has 0 spiro atoms. The molecule has 1 fully saturated rings. The molecule has 3 atom stereocenters. The quantitative estimate of drug-likeness (QED) is 0.753. The van der Waals surface area contributed by atoms with Gasteiger partial charge in [-0.15, -0.1) is 0 Å². The van der Waals surface area contributed by atoms with Crippen LogP contribution in [0.1, 0.15) is 55.0 Å². The molecular weight excluding hydrogens is 405 g/mol. The number of benzene rings is 1. The number of carbonyl (C=O) groups is 1. The van der Waals surface area contributed by atoms with Gasteiger partial charge in [0.1, 0.15) is 5.82 Å². The minimum atomic E-state index is -4.34. The summed E-state index contributed by atoms with van der Waals surface area (Å²) in [5.41, 5.74) is 2.71. The Bertz CT molecular complexity index is 929. The second-order valence-electron chi connectivity index (χ2n) is 8.95. The number of rotatable bonds is 3. The highest BCUT2D eigenvalue weighted by atomic mass is 19.4. The van der Waals surface area contributed by atoms with Crippen LogP contribution in [0.5, 0.6) is 0 Å². The summed E-state index contributed by atoms with van der Waals surface area (Å²) >= 11 is 0. The van der Waals surface area contributed by atoms with Crippen LogP contribution in [-0.2, 0) is 4.79 Å². The van der Waals surface area contributed by atoms with E-state index >= 15 is 0 Å². The third-order valence-corrected chi connectivity index (χ3v) is 6.71. The number of piperidine rings is 1. The lowest BCUT2D eigenvalue weighted by Gasteiger charge is -2.41. The minimum Gasteiger partial charge on any atom is -0.367 e. The Labute approximate surface area is 180 Å². The molecule has 5 nitrogen and oxygen atoms in total. The van der Waals surface area contributed by atoms with E-state index in [-0.39, 0.29) is 30.2 Å². The molecule has 0 bridgehead atoms. The van der Waals surface area contributed by atoms with Crippen molar-refractivity contribution in [3.63, 3.8) is 0 Å². The molecule has 2 aromatic rings. The lowest BCUT2D eigenvalue weighted by Crippen LogP contribution is -2.47. The van der Waals surface area contributed by atoms with Crippen molar-refractivity contribution in [2.75, 3.05) is 18.4 Å². The monoisotopic (exact) mass is 434 g/mol. The van der Waals surface area contributed by atoms with E-state index in [1.807, 2.05) is 43.0 Å². The summed E-state index contributed by atoms with van der Waals surface area (Å²) in [5.74, 6) is 0.382. The molecule has 4 rings (SSSR count). The molecule has 168 valence electrons. The second kappa shape index (κ2) is 8.20.